The molecule has 0 aliphatic heterocycles. The fraction of sp³-hybridized carbons (Fsp3) is 0.286. The summed E-state index contributed by atoms with van der Waals surface area (Å²) in [4.78, 5) is 23.9. The van der Waals surface area contributed by atoms with Gasteiger partial charge in [-0.1, -0.05) is 18.3 Å². The molecule has 0 spiro atoms. The predicted molar refractivity (Wildman–Crippen MR) is 78.4 cm³/mol. The zero-order valence-electron chi connectivity index (χ0n) is 11.5. The average Bonchev–Trinajstić information content (AvgIpc) is 2.88. The van der Waals surface area contributed by atoms with Crippen LogP contribution in [0.15, 0.2) is 24.3 Å². The Morgan fingerprint density at radius 3 is 2.40 bits per heavy atom. The Bertz CT molecular complexity index is 632. The first-order valence-corrected chi connectivity index (χ1v) is 7.01. The van der Waals surface area contributed by atoms with Gasteiger partial charge in [0.15, 0.2) is 5.78 Å². The summed E-state index contributed by atoms with van der Waals surface area (Å²) >= 11 is 1.09. The van der Waals surface area contributed by atoms with Gasteiger partial charge in [-0.05, 0) is 48.6 Å². The highest BCUT2D eigenvalue weighted by atomic mass is 32.1. The second-order valence-corrected chi connectivity index (χ2v) is 5.48. The molecule has 0 aliphatic rings. The van der Waals surface area contributed by atoms with Crippen molar-refractivity contribution in [3.8, 4) is 0 Å². The minimum Gasteiger partial charge on any atom is -0.321 e. The summed E-state index contributed by atoms with van der Waals surface area (Å²) in [5.41, 5.74) is 1.96. The van der Waals surface area contributed by atoms with E-state index in [1.54, 1.807) is 24.3 Å². The van der Waals surface area contributed by atoms with Gasteiger partial charge in [-0.2, -0.15) is 0 Å². The molecule has 2 rings (SSSR count). The largest absolute Gasteiger partial charge is 0.321 e. The van der Waals surface area contributed by atoms with Crippen LogP contribution in [0.3, 0.4) is 0 Å². The van der Waals surface area contributed by atoms with Crippen LogP contribution in [0.1, 0.15) is 52.4 Å². The van der Waals surface area contributed by atoms with Crippen LogP contribution in [0.5, 0.6) is 0 Å². The molecular formula is C14H15N3O2S. The molecular weight excluding hydrogens is 274 g/mol. The second-order valence-electron chi connectivity index (χ2n) is 4.73. The smallest absolute Gasteiger partial charge is 0.269 e. The third-order valence-electron chi connectivity index (χ3n) is 2.82. The third-order valence-corrected chi connectivity index (χ3v) is 3.56. The number of amides is 1. The fourth-order valence-electron chi connectivity index (χ4n) is 1.71. The van der Waals surface area contributed by atoms with Crippen LogP contribution in [0.2, 0.25) is 0 Å². The van der Waals surface area contributed by atoms with Gasteiger partial charge in [0.1, 0.15) is 4.88 Å². The van der Waals surface area contributed by atoms with Crippen LogP contribution in [-0.4, -0.2) is 21.3 Å². The number of carbonyl (C=O) groups is 2. The average molecular weight is 289 g/mol. The Morgan fingerprint density at radius 2 is 1.85 bits per heavy atom. The maximum absolute atomic E-state index is 12.2. The Kier molecular flexibility index (Phi) is 4.24. The van der Waals surface area contributed by atoms with Crippen molar-refractivity contribution in [3.63, 3.8) is 0 Å². The SMILES string of the molecule is CC(=O)c1ccc(NC(=O)c2snnc2C(C)C)cc1. The Labute approximate surface area is 121 Å². The molecule has 0 bridgehead atoms. The quantitative estimate of drug-likeness (QED) is 0.878. The first-order valence-electron chi connectivity index (χ1n) is 6.23. The monoisotopic (exact) mass is 289 g/mol. The van der Waals surface area contributed by atoms with E-state index < -0.39 is 0 Å². The number of nitrogens with one attached hydrogen (secondary N) is 1. The molecule has 20 heavy (non-hydrogen) atoms. The highest BCUT2D eigenvalue weighted by Crippen LogP contribution is 2.21. The minimum atomic E-state index is -0.223. The number of anilines is 1. The van der Waals surface area contributed by atoms with Crippen LogP contribution < -0.4 is 5.32 Å². The summed E-state index contributed by atoms with van der Waals surface area (Å²) < 4.78 is 3.83. The molecule has 0 atom stereocenters. The summed E-state index contributed by atoms with van der Waals surface area (Å²) in [5.74, 6) is -0.0782. The van der Waals surface area contributed by atoms with E-state index >= 15 is 0 Å². The van der Waals surface area contributed by atoms with Gasteiger partial charge in [0.05, 0.1) is 5.69 Å². The zero-order valence-corrected chi connectivity index (χ0v) is 12.3. The molecule has 1 heterocycles. The molecule has 0 fully saturated rings. The maximum atomic E-state index is 12.2. The lowest BCUT2D eigenvalue weighted by Gasteiger charge is -2.06. The van der Waals surface area contributed by atoms with Crippen molar-refractivity contribution in [2.75, 3.05) is 5.32 Å². The van der Waals surface area contributed by atoms with Gasteiger partial charge < -0.3 is 5.32 Å². The van der Waals surface area contributed by atoms with Crippen LogP contribution >= 0.6 is 11.5 Å². The van der Waals surface area contributed by atoms with Crippen molar-refractivity contribution in [2.45, 2.75) is 26.7 Å². The van der Waals surface area contributed by atoms with E-state index in [9.17, 15) is 9.59 Å². The van der Waals surface area contributed by atoms with Crippen molar-refractivity contribution >= 4 is 28.9 Å². The highest BCUT2D eigenvalue weighted by molar-refractivity contribution is 7.08. The lowest BCUT2D eigenvalue weighted by Crippen LogP contribution is -2.13. The van der Waals surface area contributed by atoms with Gasteiger partial charge in [0, 0.05) is 11.3 Å². The van der Waals surface area contributed by atoms with Gasteiger partial charge in [0.2, 0.25) is 0 Å². The highest BCUT2D eigenvalue weighted by Gasteiger charge is 2.18. The Hall–Kier alpha value is -2.08. The number of hydrogen-bond acceptors (Lipinski definition) is 5. The molecule has 5 nitrogen and oxygen atoms in total. The molecule has 1 amide bonds. The maximum Gasteiger partial charge on any atom is 0.269 e. The predicted octanol–water partition coefficient (Wildman–Crippen LogP) is 3.12. The van der Waals surface area contributed by atoms with Gasteiger partial charge in [-0.25, -0.2) is 0 Å². The number of aromatic nitrogens is 2. The zero-order chi connectivity index (χ0) is 14.7. The fourth-order valence-corrected chi connectivity index (χ4v) is 2.42. The van der Waals surface area contributed by atoms with Gasteiger partial charge in [-0.3, -0.25) is 9.59 Å². The van der Waals surface area contributed by atoms with Crippen LogP contribution in [0.25, 0.3) is 0 Å². The summed E-state index contributed by atoms with van der Waals surface area (Å²) in [7, 11) is 0. The Balaban J connectivity index is 2.15. The summed E-state index contributed by atoms with van der Waals surface area (Å²) in [6.45, 7) is 5.44. The molecule has 1 aromatic carbocycles. The first-order chi connectivity index (χ1) is 9.49. The van der Waals surface area contributed by atoms with Crippen molar-refractivity contribution in [3.05, 3.63) is 40.4 Å². The number of benzene rings is 1. The number of hydrogen-bond donors (Lipinski definition) is 1. The van der Waals surface area contributed by atoms with Crippen LogP contribution in [0, 0.1) is 0 Å². The van der Waals surface area contributed by atoms with Crippen molar-refractivity contribution in [1.82, 2.24) is 9.59 Å². The van der Waals surface area contributed by atoms with Crippen molar-refractivity contribution in [2.24, 2.45) is 0 Å². The molecule has 0 unspecified atom stereocenters. The van der Waals surface area contributed by atoms with E-state index in [0.717, 1.165) is 11.5 Å². The van der Waals surface area contributed by atoms with Crippen molar-refractivity contribution in [1.29, 1.82) is 0 Å². The first kappa shape index (κ1) is 14.3. The van der Waals surface area contributed by atoms with Gasteiger partial charge >= 0.3 is 0 Å². The van der Waals surface area contributed by atoms with E-state index in [1.165, 1.54) is 6.92 Å². The standard InChI is InChI=1S/C14H15N3O2S/c1-8(2)12-13(20-17-16-12)14(19)15-11-6-4-10(5-7-11)9(3)18/h4-8H,1-3H3,(H,15,19). The number of nitrogens with zero attached hydrogens (tertiary/aromatic N) is 2. The van der Waals surface area contributed by atoms with Crippen LogP contribution in [0.4, 0.5) is 5.69 Å². The third kappa shape index (κ3) is 3.08. The number of ketones is 1. The number of carbonyl (C=O) groups excluding carboxylic acids is 2. The molecule has 0 aliphatic carbocycles. The molecule has 0 saturated carbocycles. The van der Waals surface area contributed by atoms with E-state index in [4.69, 9.17) is 0 Å². The summed E-state index contributed by atoms with van der Waals surface area (Å²) in [6.07, 6.45) is 0. The molecule has 2 aromatic rings. The minimum absolute atomic E-state index is 0.00312. The van der Waals surface area contributed by atoms with Crippen molar-refractivity contribution < 1.29 is 9.59 Å². The molecule has 6 heteroatoms. The summed E-state index contributed by atoms with van der Waals surface area (Å²) in [5, 5.41) is 6.76. The van der Waals surface area contributed by atoms with E-state index in [2.05, 4.69) is 14.9 Å². The number of Topliss-reactive ketones (excluding diaryl/α,β-unsaturated/α-hetero) is 1. The van der Waals surface area contributed by atoms with E-state index in [0.29, 0.717) is 21.8 Å². The molecule has 1 N–H and O–H groups in total. The van der Waals surface area contributed by atoms with Gasteiger partial charge in [-0.15, -0.1) is 5.10 Å². The normalized spacial score (nSPS) is 10.6. The summed E-state index contributed by atoms with van der Waals surface area (Å²) in [6, 6.07) is 6.79. The lowest BCUT2D eigenvalue weighted by molar-refractivity contribution is 0.101. The van der Waals surface area contributed by atoms with E-state index in [-0.39, 0.29) is 17.6 Å². The topological polar surface area (TPSA) is 72.0 Å². The molecule has 0 saturated heterocycles. The Morgan fingerprint density at radius 1 is 1.20 bits per heavy atom. The van der Waals surface area contributed by atoms with Crippen LogP contribution in [-0.2, 0) is 0 Å². The second kappa shape index (κ2) is 5.92. The number of rotatable bonds is 4. The molecule has 1 aromatic heterocycles. The van der Waals surface area contributed by atoms with E-state index in [1.807, 2.05) is 13.8 Å². The lowest BCUT2D eigenvalue weighted by atomic mass is 10.1. The molecule has 0 radical (unpaired) electrons. The van der Waals surface area contributed by atoms with Gasteiger partial charge in [0.25, 0.3) is 5.91 Å². The molecule has 104 valence electrons.